The van der Waals surface area contributed by atoms with Crippen molar-refractivity contribution in [3.63, 3.8) is 0 Å². The van der Waals surface area contributed by atoms with Gasteiger partial charge in [0.15, 0.2) is 46.5 Å². The molecule has 0 aromatic heterocycles. The molecule has 0 amide bonds. The average molecular weight is 520 g/mol. The molecular formula is C22H7BF10O3. The lowest BCUT2D eigenvalue weighted by Crippen LogP contribution is -2.37. The molecule has 0 aliphatic rings. The van der Waals surface area contributed by atoms with Crippen molar-refractivity contribution in [1.82, 2.24) is 0 Å². The van der Waals surface area contributed by atoms with Gasteiger partial charge < -0.3 is 14.0 Å². The maximum atomic E-state index is 14.5. The van der Waals surface area contributed by atoms with Crippen molar-refractivity contribution in [3.8, 4) is 17.2 Å². The summed E-state index contributed by atoms with van der Waals surface area (Å²) in [4.78, 5) is 0. The number of hydrogen-bond donors (Lipinski definition) is 0. The predicted molar refractivity (Wildman–Crippen MR) is 104 cm³/mol. The van der Waals surface area contributed by atoms with E-state index in [4.69, 9.17) is 14.0 Å². The van der Waals surface area contributed by atoms with Crippen molar-refractivity contribution in [2.24, 2.45) is 0 Å². The minimum absolute atomic E-state index is 0.411. The van der Waals surface area contributed by atoms with Crippen LogP contribution in [0.25, 0.3) is 10.8 Å². The summed E-state index contributed by atoms with van der Waals surface area (Å²) >= 11 is 0. The highest BCUT2D eigenvalue weighted by Crippen LogP contribution is 2.34. The Hall–Kier alpha value is -4.10. The Labute approximate surface area is 194 Å². The molecule has 0 spiro atoms. The van der Waals surface area contributed by atoms with Crippen LogP contribution in [0, 0.1) is 58.2 Å². The molecule has 0 saturated heterocycles. The first-order valence-corrected chi connectivity index (χ1v) is 9.52. The van der Waals surface area contributed by atoms with Crippen LogP contribution in [0.3, 0.4) is 0 Å². The first-order chi connectivity index (χ1) is 17.0. The summed E-state index contributed by atoms with van der Waals surface area (Å²) in [5.74, 6) is -22.4. The molecule has 0 aliphatic carbocycles. The maximum Gasteiger partial charge on any atom is 0.864 e. The molecule has 186 valence electrons. The lowest BCUT2D eigenvalue weighted by Gasteiger charge is -2.19. The van der Waals surface area contributed by atoms with Crippen molar-refractivity contribution in [2.45, 2.75) is 0 Å². The lowest BCUT2D eigenvalue weighted by atomic mass is 10.1. The van der Waals surface area contributed by atoms with Crippen LogP contribution in [0.1, 0.15) is 0 Å². The van der Waals surface area contributed by atoms with E-state index in [1.54, 1.807) is 0 Å². The quantitative estimate of drug-likeness (QED) is 0.122. The minimum atomic E-state index is -2.52. The molecule has 0 fully saturated rings. The molecule has 3 nitrogen and oxygen atoms in total. The second-order valence-electron chi connectivity index (χ2n) is 6.92. The van der Waals surface area contributed by atoms with E-state index in [0.29, 0.717) is 24.3 Å². The Morgan fingerprint density at radius 2 is 0.889 bits per heavy atom. The summed E-state index contributed by atoms with van der Waals surface area (Å²) < 4.78 is 153. The van der Waals surface area contributed by atoms with Crippen molar-refractivity contribution < 1.29 is 57.9 Å². The molecular weight excluding hydrogens is 513 g/mol. The van der Waals surface area contributed by atoms with Gasteiger partial charge in [-0.1, -0.05) is 12.1 Å². The first-order valence-electron chi connectivity index (χ1n) is 9.52. The van der Waals surface area contributed by atoms with Gasteiger partial charge in [-0.2, -0.15) is 8.78 Å². The fourth-order valence-corrected chi connectivity index (χ4v) is 3.04. The minimum Gasteiger partial charge on any atom is -0.489 e. The molecule has 0 saturated carbocycles. The third kappa shape index (κ3) is 4.34. The van der Waals surface area contributed by atoms with Gasteiger partial charge >= 0.3 is 7.32 Å². The molecule has 4 aromatic rings. The van der Waals surface area contributed by atoms with Crippen molar-refractivity contribution in [3.05, 3.63) is 101 Å². The fourth-order valence-electron chi connectivity index (χ4n) is 3.04. The van der Waals surface area contributed by atoms with Crippen LogP contribution in [-0.4, -0.2) is 7.32 Å². The van der Waals surface area contributed by atoms with E-state index in [-0.39, 0.29) is 0 Å². The highest BCUT2D eigenvalue weighted by molar-refractivity contribution is 6.39. The van der Waals surface area contributed by atoms with Gasteiger partial charge in [-0.15, -0.1) is 0 Å². The van der Waals surface area contributed by atoms with E-state index in [1.807, 2.05) is 0 Å². The van der Waals surface area contributed by atoms with Gasteiger partial charge in [0.05, 0.1) is 5.39 Å². The number of rotatable bonds is 6. The monoisotopic (exact) mass is 520 g/mol. The second-order valence-corrected chi connectivity index (χ2v) is 6.92. The lowest BCUT2D eigenvalue weighted by molar-refractivity contribution is 0.287. The third-order valence-corrected chi connectivity index (χ3v) is 4.73. The largest absolute Gasteiger partial charge is 0.864 e. The normalized spacial score (nSPS) is 11.1. The molecule has 0 bridgehead atoms. The maximum absolute atomic E-state index is 14.5. The molecule has 0 unspecified atom stereocenters. The summed E-state index contributed by atoms with van der Waals surface area (Å²) in [5, 5.41) is -1.84. The molecule has 0 aliphatic heterocycles. The topological polar surface area (TPSA) is 27.7 Å². The predicted octanol–water partition coefficient (Wildman–Crippen LogP) is 6.75. The van der Waals surface area contributed by atoms with Gasteiger partial charge in [-0.3, -0.25) is 0 Å². The van der Waals surface area contributed by atoms with Gasteiger partial charge in [0.1, 0.15) is 17.2 Å². The highest BCUT2D eigenvalue weighted by Gasteiger charge is 2.36. The Morgan fingerprint density at radius 3 is 1.42 bits per heavy atom. The summed E-state index contributed by atoms with van der Waals surface area (Å²) in [6, 6.07) is 4.56. The Kier molecular flexibility index (Phi) is 6.61. The molecule has 4 aromatic carbocycles. The molecule has 14 heteroatoms. The van der Waals surface area contributed by atoms with Gasteiger partial charge in [-0.25, -0.2) is 35.1 Å². The molecule has 4 rings (SSSR count). The molecule has 0 N–H and O–H groups in total. The van der Waals surface area contributed by atoms with Gasteiger partial charge in [0, 0.05) is 5.39 Å². The van der Waals surface area contributed by atoms with Crippen molar-refractivity contribution in [2.75, 3.05) is 0 Å². The molecule has 0 radical (unpaired) electrons. The van der Waals surface area contributed by atoms with Gasteiger partial charge in [-0.05, 0) is 30.3 Å². The van der Waals surface area contributed by atoms with E-state index < -0.39 is 93.5 Å². The Bertz CT molecular complexity index is 1440. The molecule has 0 atom stereocenters. The third-order valence-electron chi connectivity index (χ3n) is 4.73. The van der Waals surface area contributed by atoms with Gasteiger partial charge in [0.2, 0.25) is 11.6 Å². The number of benzene rings is 4. The Morgan fingerprint density at radius 1 is 0.417 bits per heavy atom. The van der Waals surface area contributed by atoms with Crippen LogP contribution < -0.4 is 14.0 Å². The van der Waals surface area contributed by atoms with Gasteiger partial charge in [0.25, 0.3) is 0 Å². The second kappa shape index (κ2) is 9.51. The number of halogens is 10. The number of hydrogen-bond acceptors (Lipinski definition) is 3. The number of fused-ring (bicyclic) bond motifs is 1. The van der Waals surface area contributed by atoms with E-state index in [2.05, 4.69) is 0 Å². The summed E-state index contributed by atoms with van der Waals surface area (Å²) in [6.07, 6.45) is 0. The van der Waals surface area contributed by atoms with Crippen LogP contribution >= 0.6 is 0 Å². The van der Waals surface area contributed by atoms with Crippen molar-refractivity contribution in [1.29, 1.82) is 0 Å². The first kappa shape index (κ1) is 25.0. The zero-order valence-electron chi connectivity index (χ0n) is 17.1. The average Bonchev–Trinajstić information content (AvgIpc) is 2.86. The van der Waals surface area contributed by atoms with E-state index in [0.717, 1.165) is 18.2 Å². The Balaban J connectivity index is 1.82. The van der Waals surface area contributed by atoms with Crippen LogP contribution in [0.5, 0.6) is 17.2 Å². The van der Waals surface area contributed by atoms with Crippen LogP contribution in [-0.2, 0) is 0 Å². The standard InChI is InChI=1S/C22H7BF10O3/c24-9-4-6-12(18(29)16(9)27)35-23(36-13-7-5-10(25)17(28)19(13)30)34-11-3-1-2-8-14(11)20(31)22(33)21(32)15(8)26/h1-7H. The zero-order chi connectivity index (χ0) is 26.3. The SMILES string of the molecule is Fc1ccc(OB(Oc2ccc(F)c(F)c2F)Oc2cccc3c(F)c(F)c(F)c(F)c23)c(F)c1F. The summed E-state index contributed by atoms with van der Waals surface area (Å²) in [7, 11) is -2.52. The highest BCUT2D eigenvalue weighted by atomic mass is 19.2. The van der Waals surface area contributed by atoms with Crippen molar-refractivity contribution >= 4 is 18.1 Å². The van der Waals surface area contributed by atoms with E-state index in [9.17, 15) is 43.9 Å². The van der Waals surface area contributed by atoms with Crippen LogP contribution in [0.2, 0.25) is 0 Å². The van der Waals surface area contributed by atoms with Crippen LogP contribution in [0.15, 0.2) is 42.5 Å². The smallest absolute Gasteiger partial charge is 0.489 e. The molecule has 0 heterocycles. The van der Waals surface area contributed by atoms with E-state index >= 15 is 0 Å². The molecule has 36 heavy (non-hydrogen) atoms. The zero-order valence-corrected chi connectivity index (χ0v) is 17.1. The van der Waals surface area contributed by atoms with Crippen LogP contribution in [0.4, 0.5) is 43.9 Å². The summed E-state index contributed by atoms with van der Waals surface area (Å²) in [5.41, 5.74) is 0. The van der Waals surface area contributed by atoms with E-state index in [1.165, 1.54) is 0 Å². The summed E-state index contributed by atoms with van der Waals surface area (Å²) in [6.45, 7) is 0. The fraction of sp³-hybridized carbons (Fsp3) is 0.